The fourth-order valence-electron chi connectivity index (χ4n) is 1.75. The molecule has 0 amide bonds. The lowest BCUT2D eigenvalue weighted by molar-refractivity contribution is 0.273. The van der Waals surface area contributed by atoms with Gasteiger partial charge in [0.2, 0.25) is 0 Å². The van der Waals surface area contributed by atoms with Gasteiger partial charge >= 0.3 is 0 Å². The van der Waals surface area contributed by atoms with E-state index < -0.39 is 0 Å². The van der Waals surface area contributed by atoms with E-state index in [1.165, 1.54) is 11.3 Å². The van der Waals surface area contributed by atoms with Crippen LogP contribution in [0.1, 0.15) is 32.3 Å². The van der Waals surface area contributed by atoms with E-state index in [1.54, 1.807) is 0 Å². The van der Waals surface area contributed by atoms with Crippen LogP contribution in [-0.2, 0) is 0 Å². The number of aliphatic hydroxyl groups is 1. The van der Waals surface area contributed by atoms with E-state index in [4.69, 9.17) is 5.11 Å². The minimum atomic E-state index is 0.226. The van der Waals surface area contributed by atoms with Crippen molar-refractivity contribution in [2.75, 3.05) is 11.9 Å². The molecule has 0 radical (unpaired) electrons. The summed E-state index contributed by atoms with van der Waals surface area (Å²) in [6, 6.07) is 20.8. The fraction of sp³-hybridized carbons (Fsp3) is 0.333. The molecule has 2 heteroatoms. The van der Waals surface area contributed by atoms with E-state index in [1.807, 2.05) is 55.5 Å². The van der Waals surface area contributed by atoms with Gasteiger partial charge in [-0.15, -0.1) is 0 Å². The van der Waals surface area contributed by atoms with Crippen LogP contribution in [0.4, 0.5) is 5.69 Å². The summed E-state index contributed by atoms with van der Waals surface area (Å²) in [5, 5.41) is 12.1. The van der Waals surface area contributed by atoms with Crippen molar-refractivity contribution in [2.45, 2.75) is 32.7 Å². The standard InChI is InChI=1S/C9H13N.C9H12O/c1-8(2)10-9-6-4-3-5-7-9;1-8(7-10)9-5-3-2-4-6-9/h3-8,10H,1-2H3;2-6,8,10H,7H2,1H3. The van der Waals surface area contributed by atoms with E-state index in [2.05, 4.69) is 31.3 Å². The van der Waals surface area contributed by atoms with Crippen LogP contribution in [0.15, 0.2) is 60.7 Å². The second-order valence-electron chi connectivity index (χ2n) is 5.16. The van der Waals surface area contributed by atoms with E-state index in [0.717, 1.165) is 0 Å². The van der Waals surface area contributed by atoms with Crippen LogP contribution >= 0.6 is 0 Å². The fourth-order valence-corrected chi connectivity index (χ4v) is 1.75. The van der Waals surface area contributed by atoms with E-state index in [0.29, 0.717) is 6.04 Å². The van der Waals surface area contributed by atoms with Crippen molar-refractivity contribution in [3.05, 3.63) is 66.2 Å². The molecule has 0 fully saturated rings. The Morgan fingerprint density at radius 1 is 0.850 bits per heavy atom. The van der Waals surface area contributed by atoms with Crippen molar-refractivity contribution in [2.24, 2.45) is 0 Å². The van der Waals surface area contributed by atoms with Gasteiger partial charge in [0.05, 0.1) is 0 Å². The Bertz CT molecular complexity index is 453. The van der Waals surface area contributed by atoms with Gasteiger partial charge in [0.15, 0.2) is 0 Å². The molecule has 2 rings (SSSR count). The highest BCUT2D eigenvalue weighted by molar-refractivity contribution is 5.42. The number of hydrogen-bond donors (Lipinski definition) is 2. The quantitative estimate of drug-likeness (QED) is 0.869. The Kier molecular flexibility index (Phi) is 7.44. The van der Waals surface area contributed by atoms with Gasteiger partial charge in [0.25, 0.3) is 0 Å². The summed E-state index contributed by atoms with van der Waals surface area (Å²) in [6.07, 6.45) is 0. The second kappa shape index (κ2) is 9.16. The summed E-state index contributed by atoms with van der Waals surface area (Å²) in [5.41, 5.74) is 2.39. The molecule has 2 N–H and O–H groups in total. The largest absolute Gasteiger partial charge is 0.396 e. The van der Waals surface area contributed by atoms with Gasteiger partial charge in [0.1, 0.15) is 0 Å². The average Bonchev–Trinajstić information content (AvgIpc) is 2.48. The van der Waals surface area contributed by atoms with Gasteiger partial charge in [0, 0.05) is 24.3 Å². The predicted octanol–water partition coefficient (Wildman–Crippen LogP) is 4.29. The average molecular weight is 271 g/mol. The molecule has 0 spiro atoms. The summed E-state index contributed by atoms with van der Waals surface area (Å²) in [7, 11) is 0. The SMILES string of the molecule is CC(C)Nc1ccccc1.CC(CO)c1ccccc1. The third kappa shape index (κ3) is 6.39. The van der Waals surface area contributed by atoms with Gasteiger partial charge in [-0.05, 0) is 31.5 Å². The molecule has 2 aromatic carbocycles. The van der Waals surface area contributed by atoms with E-state index >= 15 is 0 Å². The Morgan fingerprint density at radius 2 is 1.35 bits per heavy atom. The smallest absolute Gasteiger partial charge is 0.0497 e. The first-order valence-electron chi connectivity index (χ1n) is 7.11. The second-order valence-corrected chi connectivity index (χ2v) is 5.16. The highest BCUT2D eigenvalue weighted by atomic mass is 16.3. The van der Waals surface area contributed by atoms with Crippen LogP contribution in [-0.4, -0.2) is 17.8 Å². The molecule has 20 heavy (non-hydrogen) atoms. The van der Waals surface area contributed by atoms with Gasteiger partial charge in [-0.2, -0.15) is 0 Å². The number of anilines is 1. The van der Waals surface area contributed by atoms with Gasteiger partial charge in [-0.3, -0.25) is 0 Å². The third-order valence-corrected chi connectivity index (χ3v) is 2.87. The summed E-state index contributed by atoms with van der Waals surface area (Å²) in [6.45, 7) is 6.50. The molecule has 0 aromatic heterocycles. The molecule has 2 nitrogen and oxygen atoms in total. The Balaban J connectivity index is 0.000000200. The Morgan fingerprint density at radius 3 is 1.80 bits per heavy atom. The van der Waals surface area contributed by atoms with Gasteiger partial charge < -0.3 is 10.4 Å². The summed E-state index contributed by atoms with van der Waals surface area (Å²) in [4.78, 5) is 0. The number of aliphatic hydroxyl groups excluding tert-OH is 1. The normalized spacial score (nSPS) is 11.4. The Labute approximate surface area is 122 Å². The summed E-state index contributed by atoms with van der Waals surface area (Å²) >= 11 is 0. The van der Waals surface area contributed by atoms with Crippen molar-refractivity contribution in [1.82, 2.24) is 0 Å². The van der Waals surface area contributed by atoms with Gasteiger partial charge in [-0.25, -0.2) is 0 Å². The maximum atomic E-state index is 8.79. The maximum Gasteiger partial charge on any atom is 0.0497 e. The molecule has 0 heterocycles. The molecule has 0 bridgehead atoms. The topological polar surface area (TPSA) is 32.3 Å². The molecule has 0 aliphatic rings. The summed E-state index contributed by atoms with van der Waals surface area (Å²) < 4.78 is 0. The van der Waals surface area contributed by atoms with Crippen LogP contribution in [0.25, 0.3) is 0 Å². The van der Waals surface area contributed by atoms with Crippen LogP contribution in [0.3, 0.4) is 0 Å². The molecule has 0 aliphatic carbocycles. The first-order chi connectivity index (χ1) is 9.63. The van der Waals surface area contributed by atoms with Crippen molar-refractivity contribution < 1.29 is 5.11 Å². The molecule has 0 saturated carbocycles. The molecule has 2 aromatic rings. The van der Waals surface area contributed by atoms with E-state index in [9.17, 15) is 0 Å². The zero-order chi connectivity index (χ0) is 14.8. The van der Waals surface area contributed by atoms with Crippen LogP contribution < -0.4 is 5.32 Å². The zero-order valence-electron chi connectivity index (χ0n) is 12.6. The monoisotopic (exact) mass is 271 g/mol. The Hall–Kier alpha value is -1.80. The van der Waals surface area contributed by atoms with Crippen molar-refractivity contribution in [3.8, 4) is 0 Å². The van der Waals surface area contributed by atoms with Crippen LogP contribution in [0.5, 0.6) is 0 Å². The van der Waals surface area contributed by atoms with Crippen molar-refractivity contribution in [1.29, 1.82) is 0 Å². The molecule has 108 valence electrons. The van der Waals surface area contributed by atoms with Crippen molar-refractivity contribution >= 4 is 5.69 Å². The highest BCUT2D eigenvalue weighted by Crippen LogP contribution is 2.12. The number of nitrogens with one attached hydrogen (secondary N) is 1. The zero-order valence-corrected chi connectivity index (χ0v) is 12.6. The number of para-hydroxylation sites is 1. The molecular weight excluding hydrogens is 246 g/mol. The maximum absolute atomic E-state index is 8.79. The highest BCUT2D eigenvalue weighted by Gasteiger charge is 2.00. The minimum Gasteiger partial charge on any atom is -0.396 e. The first kappa shape index (κ1) is 16.3. The van der Waals surface area contributed by atoms with Crippen molar-refractivity contribution in [3.63, 3.8) is 0 Å². The molecule has 1 atom stereocenters. The number of hydrogen-bond acceptors (Lipinski definition) is 2. The minimum absolute atomic E-state index is 0.226. The van der Waals surface area contributed by atoms with Crippen LogP contribution in [0, 0.1) is 0 Å². The predicted molar refractivity (Wildman–Crippen MR) is 87.1 cm³/mol. The van der Waals surface area contributed by atoms with E-state index in [-0.39, 0.29) is 12.5 Å². The molecule has 0 saturated heterocycles. The number of rotatable bonds is 4. The molecular formula is C18H25NO. The lowest BCUT2D eigenvalue weighted by Gasteiger charge is -2.08. The van der Waals surface area contributed by atoms with Crippen LogP contribution in [0.2, 0.25) is 0 Å². The number of benzene rings is 2. The molecule has 0 aliphatic heterocycles. The lowest BCUT2D eigenvalue weighted by atomic mass is 10.0. The summed E-state index contributed by atoms with van der Waals surface area (Å²) in [5.74, 6) is 0.265. The third-order valence-electron chi connectivity index (χ3n) is 2.87. The molecule has 1 unspecified atom stereocenters. The first-order valence-corrected chi connectivity index (χ1v) is 7.11. The van der Waals surface area contributed by atoms with Gasteiger partial charge in [-0.1, -0.05) is 55.5 Å². The lowest BCUT2D eigenvalue weighted by Crippen LogP contribution is -2.08.